The molecule has 0 aliphatic carbocycles. The second-order valence-electron chi connectivity index (χ2n) is 4.71. The summed E-state index contributed by atoms with van der Waals surface area (Å²) < 4.78 is 4.98. The van der Waals surface area contributed by atoms with Crippen molar-refractivity contribution < 1.29 is 14.3 Å². The van der Waals surface area contributed by atoms with Gasteiger partial charge in [-0.25, -0.2) is 9.78 Å². The molecule has 0 spiro atoms. The third-order valence-corrected chi connectivity index (χ3v) is 3.01. The van der Waals surface area contributed by atoms with Crippen molar-refractivity contribution in [1.29, 1.82) is 0 Å². The maximum absolute atomic E-state index is 11.9. The summed E-state index contributed by atoms with van der Waals surface area (Å²) in [7, 11) is 0. The average Bonchev–Trinajstić information content (AvgIpc) is 2.56. The van der Waals surface area contributed by atoms with Gasteiger partial charge in [0.1, 0.15) is 11.4 Å². The van der Waals surface area contributed by atoms with Gasteiger partial charge in [-0.05, 0) is 31.2 Å². The lowest BCUT2D eigenvalue weighted by Gasteiger charge is -2.10. The van der Waals surface area contributed by atoms with Crippen molar-refractivity contribution in [2.45, 2.75) is 13.3 Å². The molecule has 2 N–H and O–H groups in total. The van der Waals surface area contributed by atoms with Crippen molar-refractivity contribution in [2.75, 3.05) is 23.8 Å². The minimum atomic E-state index is -0.433. The predicted molar refractivity (Wildman–Crippen MR) is 88.4 cm³/mol. The van der Waals surface area contributed by atoms with E-state index in [4.69, 9.17) is 4.74 Å². The van der Waals surface area contributed by atoms with Crippen LogP contribution in [0.5, 0.6) is 0 Å². The van der Waals surface area contributed by atoms with Crippen LogP contribution >= 0.6 is 0 Å². The normalized spacial score (nSPS) is 9.96. The van der Waals surface area contributed by atoms with Gasteiger partial charge in [0.2, 0.25) is 5.91 Å². The average molecular weight is 313 g/mol. The van der Waals surface area contributed by atoms with Crippen LogP contribution in [0.1, 0.15) is 23.7 Å². The molecule has 0 aliphatic rings. The molecule has 0 unspecified atom stereocenters. The van der Waals surface area contributed by atoms with Gasteiger partial charge >= 0.3 is 5.97 Å². The number of para-hydroxylation sites is 1. The molecule has 1 heterocycles. The summed E-state index contributed by atoms with van der Waals surface area (Å²) in [6.07, 6.45) is 1.84. The van der Waals surface area contributed by atoms with Crippen LogP contribution in [-0.2, 0) is 9.53 Å². The molecule has 1 amide bonds. The monoisotopic (exact) mass is 313 g/mol. The van der Waals surface area contributed by atoms with Gasteiger partial charge in [-0.1, -0.05) is 18.2 Å². The first-order chi connectivity index (χ1) is 11.2. The molecule has 23 heavy (non-hydrogen) atoms. The molecule has 2 rings (SSSR count). The Morgan fingerprint density at radius 2 is 1.91 bits per heavy atom. The van der Waals surface area contributed by atoms with Crippen molar-refractivity contribution in [2.24, 2.45) is 0 Å². The molecule has 0 saturated heterocycles. The van der Waals surface area contributed by atoms with Crippen molar-refractivity contribution in [3.8, 4) is 0 Å². The minimum Gasteiger partial charge on any atom is -0.462 e. The molecule has 6 nitrogen and oxygen atoms in total. The van der Waals surface area contributed by atoms with Crippen LogP contribution in [0.2, 0.25) is 0 Å². The molecule has 6 heteroatoms. The quantitative estimate of drug-likeness (QED) is 0.768. The second-order valence-corrected chi connectivity index (χ2v) is 4.71. The van der Waals surface area contributed by atoms with E-state index in [2.05, 4.69) is 15.6 Å². The molecule has 0 saturated carbocycles. The van der Waals surface area contributed by atoms with E-state index >= 15 is 0 Å². The number of nitrogens with one attached hydrogen (secondary N) is 2. The lowest BCUT2D eigenvalue weighted by molar-refractivity contribution is -0.115. The van der Waals surface area contributed by atoms with Crippen molar-refractivity contribution in [3.63, 3.8) is 0 Å². The highest BCUT2D eigenvalue weighted by Gasteiger charge is 2.13. The van der Waals surface area contributed by atoms with E-state index in [1.807, 2.05) is 30.3 Å². The highest BCUT2D eigenvalue weighted by Crippen LogP contribution is 2.13. The Hall–Kier alpha value is -2.89. The van der Waals surface area contributed by atoms with Gasteiger partial charge in [0.05, 0.1) is 6.61 Å². The molecule has 0 atom stereocenters. The first-order valence-electron chi connectivity index (χ1n) is 7.41. The number of aromatic nitrogens is 1. The SMILES string of the molecule is CCOC(=O)c1cccnc1NCCC(=O)Nc1ccccc1. The fourth-order valence-electron chi connectivity index (χ4n) is 1.96. The van der Waals surface area contributed by atoms with Crippen LogP contribution in [0, 0.1) is 0 Å². The van der Waals surface area contributed by atoms with Gasteiger partial charge < -0.3 is 15.4 Å². The molecule has 0 bridgehead atoms. The third-order valence-electron chi connectivity index (χ3n) is 3.01. The Bertz CT molecular complexity index is 659. The Kier molecular flexibility index (Phi) is 6.11. The van der Waals surface area contributed by atoms with E-state index in [1.165, 1.54) is 0 Å². The summed E-state index contributed by atoms with van der Waals surface area (Å²) in [5.74, 6) is -0.132. The topological polar surface area (TPSA) is 80.3 Å². The zero-order valence-corrected chi connectivity index (χ0v) is 12.9. The molecular formula is C17H19N3O3. The Morgan fingerprint density at radius 1 is 1.13 bits per heavy atom. The second kappa shape index (κ2) is 8.53. The van der Waals surface area contributed by atoms with Crippen LogP contribution in [0.4, 0.5) is 11.5 Å². The zero-order valence-electron chi connectivity index (χ0n) is 12.9. The summed E-state index contributed by atoms with van der Waals surface area (Å²) in [6.45, 7) is 2.41. The van der Waals surface area contributed by atoms with Crippen LogP contribution in [0.15, 0.2) is 48.7 Å². The number of benzene rings is 1. The molecule has 0 radical (unpaired) electrons. The maximum Gasteiger partial charge on any atom is 0.341 e. The molecule has 1 aromatic heterocycles. The Balaban J connectivity index is 1.86. The minimum absolute atomic E-state index is 0.114. The van der Waals surface area contributed by atoms with Gasteiger partial charge in [-0.3, -0.25) is 4.79 Å². The van der Waals surface area contributed by atoms with Crippen LogP contribution < -0.4 is 10.6 Å². The molecule has 0 fully saturated rings. The number of ether oxygens (including phenoxy) is 1. The summed E-state index contributed by atoms with van der Waals surface area (Å²) in [5, 5.41) is 5.79. The van der Waals surface area contributed by atoms with E-state index < -0.39 is 5.97 Å². The third kappa shape index (κ3) is 5.10. The van der Waals surface area contributed by atoms with Gasteiger partial charge in [-0.15, -0.1) is 0 Å². The number of esters is 1. The summed E-state index contributed by atoms with van der Waals surface area (Å²) >= 11 is 0. The molecule has 1 aromatic carbocycles. The fourth-order valence-corrected chi connectivity index (χ4v) is 1.96. The largest absolute Gasteiger partial charge is 0.462 e. The number of hydrogen-bond donors (Lipinski definition) is 2. The van der Waals surface area contributed by atoms with Gasteiger partial charge in [-0.2, -0.15) is 0 Å². The number of amides is 1. The predicted octanol–water partition coefficient (Wildman–Crippen LogP) is 2.70. The summed E-state index contributed by atoms with van der Waals surface area (Å²) in [6, 6.07) is 12.5. The van der Waals surface area contributed by atoms with E-state index in [1.54, 1.807) is 25.3 Å². The van der Waals surface area contributed by atoms with Crippen molar-refractivity contribution >= 4 is 23.4 Å². The van der Waals surface area contributed by atoms with Gasteiger partial charge in [0.25, 0.3) is 0 Å². The van der Waals surface area contributed by atoms with Crippen LogP contribution in [0.25, 0.3) is 0 Å². The number of rotatable bonds is 7. The summed E-state index contributed by atoms with van der Waals surface area (Å²) in [4.78, 5) is 27.8. The first kappa shape index (κ1) is 16.5. The Labute approximate surface area is 134 Å². The molecular weight excluding hydrogens is 294 g/mol. The van der Waals surface area contributed by atoms with E-state index in [0.29, 0.717) is 24.5 Å². The number of anilines is 2. The lowest BCUT2D eigenvalue weighted by atomic mass is 10.2. The standard InChI is InChI=1S/C17H19N3O3/c1-2-23-17(22)14-9-6-11-18-16(14)19-12-10-15(21)20-13-7-4-3-5-8-13/h3-9,11H,2,10,12H2,1H3,(H,18,19)(H,20,21). The fraction of sp³-hybridized carbons (Fsp3) is 0.235. The smallest absolute Gasteiger partial charge is 0.341 e. The number of pyridine rings is 1. The zero-order chi connectivity index (χ0) is 16.5. The highest BCUT2D eigenvalue weighted by molar-refractivity contribution is 5.95. The lowest BCUT2D eigenvalue weighted by Crippen LogP contribution is -2.18. The highest BCUT2D eigenvalue weighted by atomic mass is 16.5. The molecule has 120 valence electrons. The van der Waals surface area contributed by atoms with Crippen molar-refractivity contribution in [3.05, 3.63) is 54.2 Å². The number of carbonyl (C=O) groups excluding carboxylic acids is 2. The summed E-state index contributed by atoms with van der Waals surface area (Å²) in [5.41, 5.74) is 1.11. The van der Waals surface area contributed by atoms with Gasteiger partial charge in [0.15, 0.2) is 0 Å². The van der Waals surface area contributed by atoms with Crippen LogP contribution in [0.3, 0.4) is 0 Å². The van der Waals surface area contributed by atoms with Crippen molar-refractivity contribution in [1.82, 2.24) is 4.98 Å². The first-order valence-corrected chi connectivity index (χ1v) is 7.41. The maximum atomic E-state index is 11.9. The molecule has 2 aromatic rings. The Morgan fingerprint density at radius 3 is 2.65 bits per heavy atom. The number of hydrogen-bond acceptors (Lipinski definition) is 5. The number of carbonyl (C=O) groups is 2. The van der Waals surface area contributed by atoms with E-state index in [0.717, 1.165) is 5.69 Å². The number of nitrogens with zero attached hydrogens (tertiary/aromatic N) is 1. The molecule has 0 aliphatic heterocycles. The van der Waals surface area contributed by atoms with E-state index in [9.17, 15) is 9.59 Å². The van der Waals surface area contributed by atoms with Gasteiger partial charge in [0, 0.05) is 24.8 Å². The van der Waals surface area contributed by atoms with Crippen LogP contribution in [-0.4, -0.2) is 30.0 Å². The van der Waals surface area contributed by atoms with E-state index in [-0.39, 0.29) is 12.3 Å².